The molecule has 6 nitrogen and oxygen atoms in total. The second-order valence-electron chi connectivity index (χ2n) is 7.88. The van der Waals surface area contributed by atoms with Crippen LogP contribution in [0.25, 0.3) is 0 Å². The molecule has 0 aliphatic carbocycles. The van der Waals surface area contributed by atoms with Gasteiger partial charge in [0, 0.05) is 70.0 Å². The van der Waals surface area contributed by atoms with Gasteiger partial charge in [-0.15, -0.1) is 0 Å². The first-order chi connectivity index (χ1) is 12.0. The minimum Gasteiger partial charge on any atom is -0.346 e. The fourth-order valence-electron chi connectivity index (χ4n) is 4.17. The van der Waals surface area contributed by atoms with E-state index in [1.165, 1.54) is 18.5 Å². The van der Waals surface area contributed by atoms with Gasteiger partial charge in [-0.05, 0) is 26.3 Å². The summed E-state index contributed by atoms with van der Waals surface area (Å²) in [6.45, 7) is 7.18. The highest BCUT2D eigenvalue weighted by Crippen LogP contribution is 2.32. The van der Waals surface area contributed by atoms with Crippen molar-refractivity contribution in [2.75, 3.05) is 40.3 Å². The molecule has 2 fully saturated rings. The number of nitrogens with one attached hydrogen (secondary N) is 1. The molecular weight excluding hydrogens is 314 g/mol. The summed E-state index contributed by atoms with van der Waals surface area (Å²) < 4.78 is 0. The molecule has 0 bridgehead atoms. The number of carbonyl (C=O) groups excluding carboxylic acids is 1. The number of aromatic amines is 1. The van der Waals surface area contributed by atoms with E-state index in [0.29, 0.717) is 6.42 Å². The third-order valence-electron chi connectivity index (χ3n) is 6.06. The zero-order chi connectivity index (χ0) is 17.9. The van der Waals surface area contributed by atoms with E-state index in [1.807, 2.05) is 18.1 Å². The molecule has 1 spiro atoms. The summed E-state index contributed by atoms with van der Waals surface area (Å²) in [5.41, 5.74) is 1.34. The second kappa shape index (κ2) is 7.87. The summed E-state index contributed by atoms with van der Waals surface area (Å²) >= 11 is 0. The summed E-state index contributed by atoms with van der Waals surface area (Å²) in [5, 5.41) is 0. The summed E-state index contributed by atoms with van der Waals surface area (Å²) in [6.07, 6.45) is 8.12. The number of unbranched alkanes of at least 4 members (excludes halogenated alkanes) is 1. The number of nitrogens with zero attached hydrogens (tertiary/aromatic N) is 4. The van der Waals surface area contributed by atoms with Crippen molar-refractivity contribution in [3.63, 3.8) is 0 Å². The minimum absolute atomic E-state index is 0.129. The lowest BCUT2D eigenvalue weighted by molar-refractivity contribution is -0.129. The lowest BCUT2D eigenvalue weighted by Crippen LogP contribution is -2.60. The van der Waals surface area contributed by atoms with E-state index in [0.717, 1.165) is 57.8 Å². The van der Waals surface area contributed by atoms with Crippen molar-refractivity contribution in [1.29, 1.82) is 0 Å². The third kappa shape index (κ3) is 4.23. The molecule has 3 heterocycles. The minimum atomic E-state index is 0.129. The van der Waals surface area contributed by atoms with Gasteiger partial charge >= 0.3 is 0 Å². The Hall–Kier alpha value is -1.40. The van der Waals surface area contributed by atoms with Gasteiger partial charge in [-0.25, -0.2) is 4.98 Å². The van der Waals surface area contributed by atoms with Gasteiger partial charge in [-0.2, -0.15) is 0 Å². The largest absolute Gasteiger partial charge is 0.346 e. The maximum Gasteiger partial charge on any atom is 0.222 e. The molecule has 1 aromatic rings. The fourth-order valence-corrected chi connectivity index (χ4v) is 4.17. The molecule has 1 N–H and O–H groups in total. The molecule has 1 atom stereocenters. The summed E-state index contributed by atoms with van der Waals surface area (Å²) in [4.78, 5) is 27.0. The van der Waals surface area contributed by atoms with E-state index >= 15 is 0 Å². The highest BCUT2D eigenvalue weighted by molar-refractivity contribution is 5.76. The zero-order valence-corrected chi connectivity index (χ0v) is 16.1. The maximum absolute atomic E-state index is 12.1. The van der Waals surface area contributed by atoms with Crippen LogP contribution in [0.5, 0.6) is 0 Å². The third-order valence-corrected chi connectivity index (χ3v) is 6.06. The molecule has 0 saturated carbocycles. The highest BCUT2D eigenvalue weighted by atomic mass is 16.2. The molecular formula is C19H33N5O. The predicted molar refractivity (Wildman–Crippen MR) is 99.3 cm³/mol. The number of piperazine rings is 1. The van der Waals surface area contributed by atoms with Crippen molar-refractivity contribution >= 4 is 5.91 Å². The van der Waals surface area contributed by atoms with Crippen molar-refractivity contribution in [2.24, 2.45) is 0 Å². The second-order valence-corrected chi connectivity index (χ2v) is 7.88. The van der Waals surface area contributed by atoms with Gasteiger partial charge in [-0.3, -0.25) is 14.6 Å². The van der Waals surface area contributed by atoms with Gasteiger partial charge < -0.3 is 9.88 Å². The van der Waals surface area contributed by atoms with Gasteiger partial charge in [-0.1, -0.05) is 13.3 Å². The van der Waals surface area contributed by atoms with E-state index in [9.17, 15) is 4.79 Å². The standard InChI is InChI=1S/C19H33N5O/c1-4-5-6-17-20-13-16(21-17)14-24-12-11-23(3)19(15-24)8-7-18(25)22(2)10-9-19/h13H,4-12,14-15H2,1-3H3,(H,20,21)/t19-/m0/s1. The van der Waals surface area contributed by atoms with Crippen LogP contribution in [0.3, 0.4) is 0 Å². The average Bonchev–Trinajstić information content (AvgIpc) is 3.00. The molecule has 2 aliphatic heterocycles. The van der Waals surface area contributed by atoms with Crippen LogP contribution < -0.4 is 0 Å². The van der Waals surface area contributed by atoms with E-state index in [4.69, 9.17) is 0 Å². The number of H-pyrrole nitrogens is 1. The SMILES string of the molecule is CCCCc1ncc(CN2CCN(C)[C@]3(CCC(=O)N(C)CC3)C2)[nH]1. The lowest BCUT2D eigenvalue weighted by Gasteiger charge is -2.49. The number of likely N-dealkylation sites (tertiary alicyclic amines) is 1. The van der Waals surface area contributed by atoms with E-state index in [-0.39, 0.29) is 11.4 Å². The van der Waals surface area contributed by atoms with Crippen molar-refractivity contribution in [2.45, 2.75) is 57.5 Å². The molecule has 1 amide bonds. The number of imidazole rings is 1. The number of amides is 1. The molecule has 1 aromatic heterocycles. The first kappa shape index (κ1) is 18.4. The van der Waals surface area contributed by atoms with E-state index < -0.39 is 0 Å². The number of likely N-dealkylation sites (N-methyl/N-ethyl adjacent to an activating group) is 1. The Morgan fingerprint density at radius 3 is 2.88 bits per heavy atom. The highest BCUT2D eigenvalue weighted by Gasteiger charge is 2.41. The number of aryl methyl sites for hydroxylation is 1. The number of carbonyl (C=O) groups is 1. The Labute approximate surface area is 151 Å². The lowest BCUT2D eigenvalue weighted by atomic mass is 9.86. The monoisotopic (exact) mass is 347 g/mol. The first-order valence-corrected chi connectivity index (χ1v) is 9.73. The fraction of sp³-hybridized carbons (Fsp3) is 0.789. The van der Waals surface area contributed by atoms with Gasteiger partial charge in [0.15, 0.2) is 0 Å². The summed E-state index contributed by atoms with van der Waals surface area (Å²) in [7, 11) is 4.16. The number of rotatable bonds is 5. The number of hydrogen-bond donors (Lipinski definition) is 1. The van der Waals surface area contributed by atoms with E-state index in [2.05, 4.69) is 33.7 Å². The topological polar surface area (TPSA) is 55.5 Å². The molecule has 6 heteroatoms. The molecule has 25 heavy (non-hydrogen) atoms. The predicted octanol–water partition coefficient (Wildman–Crippen LogP) is 1.88. The Balaban J connectivity index is 1.64. The van der Waals surface area contributed by atoms with Crippen LogP contribution in [-0.2, 0) is 17.8 Å². The zero-order valence-electron chi connectivity index (χ0n) is 16.1. The van der Waals surface area contributed by atoms with Crippen LogP contribution in [0.1, 0.15) is 50.5 Å². The summed E-state index contributed by atoms with van der Waals surface area (Å²) in [6, 6.07) is 0. The first-order valence-electron chi connectivity index (χ1n) is 9.73. The quantitative estimate of drug-likeness (QED) is 0.884. The molecule has 2 saturated heterocycles. The summed E-state index contributed by atoms with van der Waals surface area (Å²) in [5.74, 6) is 1.40. The van der Waals surface area contributed by atoms with Crippen molar-refractivity contribution in [1.82, 2.24) is 24.7 Å². The molecule has 0 radical (unpaired) electrons. The van der Waals surface area contributed by atoms with Crippen LogP contribution in [0, 0.1) is 0 Å². The molecule has 140 valence electrons. The van der Waals surface area contributed by atoms with Gasteiger partial charge in [0.2, 0.25) is 5.91 Å². The van der Waals surface area contributed by atoms with Crippen LogP contribution in [0.4, 0.5) is 0 Å². The van der Waals surface area contributed by atoms with Crippen LogP contribution in [-0.4, -0.2) is 76.4 Å². The molecule has 0 aromatic carbocycles. The number of aromatic nitrogens is 2. The van der Waals surface area contributed by atoms with Crippen LogP contribution in [0.15, 0.2) is 6.20 Å². The van der Waals surface area contributed by atoms with Gasteiger partial charge in [0.05, 0.1) is 0 Å². The molecule has 0 unspecified atom stereocenters. The average molecular weight is 348 g/mol. The Morgan fingerprint density at radius 1 is 1.24 bits per heavy atom. The van der Waals surface area contributed by atoms with Gasteiger partial charge in [0.1, 0.15) is 5.82 Å². The molecule has 3 rings (SSSR count). The van der Waals surface area contributed by atoms with Gasteiger partial charge in [0.25, 0.3) is 0 Å². The van der Waals surface area contributed by atoms with Crippen LogP contribution in [0.2, 0.25) is 0 Å². The van der Waals surface area contributed by atoms with Crippen molar-refractivity contribution in [3.8, 4) is 0 Å². The number of hydrogen-bond acceptors (Lipinski definition) is 4. The van der Waals surface area contributed by atoms with Crippen LogP contribution >= 0.6 is 0 Å². The van der Waals surface area contributed by atoms with Crippen molar-refractivity contribution in [3.05, 3.63) is 17.7 Å². The Bertz CT molecular complexity index is 586. The van der Waals surface area contributed by atoms with Crippen molar-refractivity contribution < 1.29 is 4.79 Å². The Kier molecular flexibility index (Phi) is 5.79. The normalized spacial score (nSPS) is 26.4. The molecule has 2 aliphatic rings. The Morgan fingerprint density at radius 2 is 2.08 bits per heavy atom. The smallest absolute Gasteiger partial charge is 0.222 e. The van der Waals surface area contributed by atoms with E-state index in [1.54, 1.807) is 0 Å². The maximum atomic E-state index is 12.1.